The quantitative estimate of drug-likeness (QED) is 0.393. The summed E-state index contributed by atoms with van der Waals surface area (Å²) in [5, 5.41) is 9.61. The minimum atomic E-state index is 0.235. The number of aliphatic hydroxyl groups excluding tert-OH is 1. The van der Waals surface area contributed by atoms with Crippen molar-refractivity contribution in [2.24, 2.45) is 5.92 Å². The zero-order valence-electron chi connectivity index (χ0n) is 20.4. The number of likely N-dealkylation sites (tertiary alicyclic amines) is 1. The summed E-state index contributed by atoms with van der Waals surface area (Å²) < 4.78 is 0. The van der Waals surface area contributed by atoms with E-state index in [4.69, 9.17) is 0 Å². The Labute approximate surface area is 195 Å². The number of allylic oxidation sites excluding steroid dienone is 4. The number of hydrogen-bond donors (Lipinski definition) is 1. The molecule has 1 saturated heterocycles. The number of rotatable bonds is 11. The molecule has 1 aliphatic rings. The predicted octanol–water partition coefficient (Wildman–Crippen LogP) is 6.87. The average molecular weight is 432 g/mol. The summed E-state index contributed by atoms with van der Waals surface area (Å²) in [5.74, 6) is 1.39. The highest BCUT2D eigenvalue weighted by Crippen LogP contribution is 2.42. The Morgan fingerprint density at radius 3 is 2.31 bits per heavy atom. The fourth-order valence-electron chi connectivity index (χ4n) is 4.92. The molecule has 3 rings (SSSR count). The lowest BCUT2D eigenvalue weighted by Crippen LogP contribution is -2.49. The summed E-state index contributed by atoms with van der Waals surface area (Å²) in [6.07, 6.45) is 9.99. The highest BCUT2D eigenvalue weighted by Gasteiger charge is 2.28. The van der Waals surface area contributed by atoms with Gasteiger partial charge in [-0.05, 0) is 75.5 Å². The standard InChI is InChI=1S/C30H41NO/c1-5-26(14-9-11-25-21-31(22-25)23(2)3)30(28-18-16-24(4)17-19-28)29(15-10-20-32)27-12-7-6-8-13-27/h5-9,12-14,16-19,23,25,29-30,32H,10-11,15,20-22H2,1-4H3/b14-9-,26-5+. The lowest BCUT2D eigenvalue weighted by atomic mass is 9.74. The molecule has 2 nitrogen and oxygen atoms in total. The summed E-state index contributed by atoms with van der Waals surface area (Å²) in [7, 11) is 0. The van der Waals surface area contributed by atoms with Crippen molar-refractivity contribution >= 4 is 0 Å². The summed E-state index contributed by atoms with van der Waals surface area (Å²) in [6, 6.07) is 20.5. The van der Waals surface area contributed by atoms with Crippen LogP contribution in [0.15, 0.2) is 78.4 Å². The molecular formula is C30H41NO. The summed E-state index contributed by atoms with van der Waals surface area (Å²) in [4.78, 5) is 2.55. The van der Waals surface area contributed by atoms with Gasteiger partial charge in [0.05, 0.1) is 0 Å². The van der Waals surface area contributed by atoms with Gasteiger partial charge in [-0.3, -0.25) is 0 Å². The van der Waals surface area contributed by atoms with Crippen LogP contribution in [0.3, 0.4) is 0 Å². The SMILES string of the molecule is C/C=C(\C=C/CC1CN(C(C)C)C1)C(c1ccc(C)cc1)C(CCCO)c1ccccc1. The van der Waals surface area contributed by atoms with Gasteiger partial charge in [0, 0.05) is 31.7 Å². The second-order valence-corrected chi connectivity index (χ2v) is 9.61. The van der Waals surface area contributed by atoms with Crippen LogP contribution >= 0.6 is 0 Å². The Morgan fingerprint density at radius 1 is 1.03 bits per heavy atom. The third-order valence-electron chi connectivity index (χ3n) is 6.93. The molecule has 2 atom stereocenters. The number of hydrogen-bond acceptors (Lipinski definition) is 2. The first-order valence-electron chi connectivity index (χ1n) is 12.3. The van der Waals surface area contributed by atoms with E-state index in [0.29, 0.717) is 12.0 Å². The molecule has 1 fully saturated rings. The van der Waals surface area contributed by atoms with Crippen molar-refractivity contribution in [1.29, 1.82) is 0 Å². The van der Waals surface area contributed by atoms with Crippen LogP contribution in [-0.2, 0) is 0 Å². The van der Waals surface area contributed by atoms with Gasteiger partial charge in [-0.25, -0.2) is 0 Å². The van der Waals surface area contributed by atoms with E-state index in [1.165, 1.54) is 35.4 Å². The third kappa shape index (κ3) is 6.43. The van der Waals surface area contributed by atoms with Crippen molar-refractivity contribution in [2.45, 2.75) is 64.8 Å². The lowest BCUT2D eigenvalue weighted by molar-refractivity contribution is 0.0696. The smallest absolute Gasteiger partial charge is 0.0431 e. The second-order valence-electron chi connectivity index (χ2n) is 9.61. The molecule has 0 spiro atoms. The zero-order valence-corrected chi connectivity index (χ0v) is 20.4. The maximum absolute atomic E-state index is 9.61. The predicted molar refractivity (Wildman–Crippen MR) is 137 cm³/mol. The van der Waals surface area contributed by atoms with Crippen LogP contribution < -0.4 is 0 Å². The van der Waals surface area contributed by atoms with Gasteiger partial charge in [-0.1, -0.05) is 78.4 Å². The van der Waals surface area contributed by atoms with Gasteiger partial charge in [0.1, 0.15) is 0 Å². The molecule has 0 amide bonds. The zero-order chi connectivity index (χ0) is 22.9. The van der Waals surface area contributed by atoms with E-state index in [1.54, 1.807) is 0 Å². The number of aryl methyl sites for hydroxylation is 1. The van der Waals surface area contributed by atoms with Crippen LogP contribution in [0.25, 0.3) is 0 Å². The van der Waals surface area contributed by atoms with Gasteiger partial charge in [-0.15, -0.1) is 0 Å². The van der Waals surface area contributed by atoms with Crippen molar-refractivity contribution in [3.05, 3.63) is 95.1 Å². The van der Waals surface area contributed by atoms with E-state index in [1.807, 2.05) is 0 Å². The fraction of sp³-hybridized carbons (Fsp3) is 0.467. The molecule has 32 heavy (non-hydrogen) atoms. The highest BCUT2D eigenvalue weighted by molar-refractivity contribution is 5.41. The lowest BCUT2D eigenvalue weighted by Gasteiger charge is -2.41. The Morgan fingerprint density at radius 2 is 1.72 bits per heavy atom. The Balaban J connectivity index is 1.86. The highest BCUT2D eigenvalue weighted by atomic mass is 16.2. The van der Waals surface area contributed by atoms with E-state index in [9.17, 15) is 5.11 Å². The molecule has 2 heteroatoms. The summed E-state index contributed by atoms with van der Waals surface area (Å²) in [5.41, 5.74) is 5.37. The van der Waals surface area contributed by atoms with Crippen LogP contribution in [0.2, 0.25) is 0 Å². The molecule has 2 unspecified atom stereocenters. The summed E-state index contributed by atoms with van der Waals surface area (Å²) >= 11 is 0. The van der Waals surface area contributed by atoms with Gasteiger partial charge in [-0.2, -0.15) is 0 Å². The van der Waals surface area contributed by atoms with E-state index in [0.717, 1.165) is 25.2 Å². The van der Waals surface area contributed by atoms with Crippen LogP contribution in [0, 0.1) is 12.8 Å². The van der Waals surface area contributed by atoms with Gasteiger partial charge >= 0.3 is 0 Å². The molecular weight excluding hydrogens is 390 g/mol. The third-order valence-corrected chi connectivity index (χ3v) is 6.93. The second kappa shape index (κ2) is 12.2. The van der Waals surface area contributed by atoms with Gasteiger partial charge < -0.3 is 10.0 Å². The average Bonchev–Trinajstić information content (AvgIpc) is 2.77. The Bertz CT molecular complexity index is 859. The van der Waals surface area contributed by atoms with Gasteiger partial charge in [0.25, 0.3) is 0 Å². The molecule has 1 N–H and O–H groups in total. The number of benzene rings is 2. The fourth-order valence-corrected chi connectivity index (χ4v) is 4.92. The van der Waals surface area contributed by atoms with E-state index >= 15 is 0 Å². The first kappa shape index (κ1) is 24.5. The molecule has 0 aliphatic carbocycles. The molecule has 1 aliphatic heterocycles. The van der Waals surface area contributed by atoms with E-state index in [-0.39, 0.29) is 12.5 Å². The van der Waals surface area contributed by atoms with Gasteiger partial charge in [0.15, 0.2) is 0 Å². The van der Waals surface area contributed by atoms with Crippen LogP contribution in [0.5, 0.6) is 0 Å². The molecule has 2 aromatic carbocycles. The number of nitrogens with zero attached hydrogens (tertiary/aromatic N) is 1. The van der Waals surface area contributed by atoms with Crippen molar-refractivity contribution in [3.8, 4) is 0 Å². The molecule has 0 bridgehead atoms. The van der Waals surface area contributed by atoms with Crippen LogP contribution in [-0.4, -0.2) is 35.7 Å². The first-order valence-corrected chi connectivity index (χ1v) is 12.3. The maximum atomic E-state index is 9.61. The normalized spacial score (nSPS) is 17.6. The van der Waals surface area contributed by atoms with E-state index in [2.05, 4.69) is 105 Å². The number of aliphatic hydroxyl groups is 1. The Hall–Kier alpha value is -2.16. The largest absolute Gasteiger partial charge is 0.396 e. The molecule has 172 valence electrons. The monoisotopic (exact) mass is 431 g/mol. The Kier molecular flexibility index (Phi) is 9.32. The molecule has 0 aromatic heterocycles. The van der Waals surface area contributed by atoms with Crippen LogP contribution in [0.4, 0.5) is 0 Å². The maximum Gasteiger partial charge on any atom is 0.0431 e. The van der Waals surface area contributed by atoms with Crippen molar-refractivity contribution < 1.29 is 5.11 Å². The van der Waals surface area contributed by atoms with Crippen LogP contribution in [0.1, 0.15) is 68.6 Å². The molecule has 0 radical (unpaired) electrons. The van der Waals surface area contributed by atoms with Crippen molar-refractivity contribution in [3.63, 3.8) is 0 Å². The van der Waals surface area contributed by atoms with Gasteiger partial charge in [0.2, 0.25) is 0 Å². The minimum Gasteiger partial charge on any atom is -0.396 e. The molecule has 2 aromatic rings. The van der Waals surface area contributed by atoms with E-state index < -0.39 is 0 Å². The molecule has 0 saturated carbocycles. The first-order chi connectivity index (χ1) is 15.5. The summed E-state index contributed by atoms with van der Waals surface area (Å²) in [6.45, 7) is 11.6. The van der Waals surface area contributed by atoms with Crippen molar-refractivity contribution in [1.82, 2.24) is 4.90 Å². The van der Waals surface area contributed by atoms with Crippen molar-refractivity contribution in [2.75, 3.05) is 19.7 Å². The minimum absolute atomic E-state index is 0.235. The molecule has 1 heterocycles. The topological polar surface area (TPSA) is 23.5 Å².